The molecule has 0 spiro atoms. The van der Waals surface area contributed by atoms with Crippen LogP contribution in [0.1, 0.15) is 6.42 Å². The highest BCUT2D eigenvalue weighted by molar-refractivity contribution is 7.89. The van der Waals surface area contributed by atoms with E-state index in [-0.39, 0.29) is 17.5 Å². The third-order valence-electron chi connectivity index (χ3n) is 2.87. The second kappa shape index (κ2) is 4.63. The standard InChI is InChI=1S/C10H13N3O4S/c11-8-5-6-12(7-8)18(16,17)10-4-2-1-3-9(10)13(14)15/h1-4,8H,5-7,11H2/t8-/m0/s1. The Morgan fingerprint density at radius 1 is 1.39 bits per heavy atom. The molecule has 1 fully saturated rings. The maximum absolute atomic E-state index is 12.3. The van der Waals surface area contributed by atoms with Crippen molar-refractivity contribution in [3.63, 3.8) is 0 Å². The van der Waals surface area contributed by atoms with Crippen molar-refractivity contribution in [2.75, 3.05) is 13.1 Å². The summed E-state index contributed by atoms with van der Waals surface area (Å²) in [6.07, 6.45) is 0.569. The molecule has 1 aliphatic rings. The van der Waals surface area contributed by atoms with Crippen molar-refractivity contribution >= 4 is 15.7 Å². The number of hydrogen-bond donors (Lipinski definition) is 1. The van der Waals surface area contributed by atoms with Gasteiger partial charge in [-0.3, -0.25) is 10.1 Å². The Morgan fingerprint density at radius 3 is 2.61 bits per heavy atom. The number of nitro benzene ring substituents is 1. The van der Waals surface area contributed by atoms with E-state index in [2.05, 4.69) is 0 Å². The van der Waals surface area contributed by atoms with Gasteiger partial charge in [-0.1, -0.05) is 12.1 Å². The molecule has 0 aromatic heterocycles. The van der Waals surface area contributed by atoms with Gasteiger partial charge in [-0.15, -0.1) is 0 Å². The molecular formula is C10H13N3O4S. The monoisotopic (exact) mass is 271 g/mol. The summed E-state index contributed by atoms with van der Waals surface area (Å²) in [6, 6.07) is 5.13. The van der Waals surface area contributed by atoms with Gasteiger partial charge in [0.05, 0.1) is 4.92 Å². The number of rotatable bonds is 3. The molecular weight excluding hydrogens is 258 g/mol. The SMILES string of the molecule is N[C@H]1CCN(S(=O)(=O)c2ccccc2[N+](=O)[O-])C1. The molecule has 0 saturated carbocycles. The lowest BCUT2D eigenvalue weighted by Gasteiger charge is -2.15. The molecule has 18 heavy (non-hydrogen) atoms. The van der Waals surface area contributed by atoms with E-state index < -0.39 is 20.6 Å². The normalized spacial score (nSPS) is 21.1. The van der Waals surface area contributed by atoms with Gasteiger partial charge in [0.1, 0.15) is 0 Å². The van der Waals surface area contributed by atoms with Gasteiger partial charge in [0, 0.05) is 25.2 Å². The van der Waals surface area contributed by atoms with Gasteiger partial charge in [-0.2, -0.15) is 4.31 Å². The minimum absolute atomic E-state index is 0.203. The number of benzene rings is 1. The van der Waals surface area contributed by atoms with Crippen LogP contribution in [0.5, 0.6) is 0 Å². The van der Waals surface area contributed by atoms with Crippen LogP contribution in [0.3, 0.4) is 0 Å². The number of para-hydroxylation sites is 1. The van der Waals surface area contributed by atoms with E-state index in [0.29, 0.717) is 13.0 Å². The van der Waals surface area contributed by atoms with Crippen LogP contribution in [0, 0.1) is 10.1 Å². The van der Waals surface area contributed by atoms with Crippen molar-refractivity contribution < 1.29 is 13.3 Å². The van der Waals surface area contributed by atoms with Crippen LogP contribution in [0.4, 0.5) is 5.69 Å². The lowest BCUT2D eigenvalue weighted by molar-refractivity contribution is -0.387. The second-order valence-corrected chi connectivity index (χ2v) is 6.04. The first kappa shape index (κ1) is 12.9. The lowest BCUT2D eigenvalue weighted by Crippen LogP contribution is -2.32. The molecule has 0 amide bonds. The fourth-order valence-electron chi connectivity index (χ4n) is 1.94. The first-order valence-electron chi connectivity index (χ1n) is 5.42. The summed E-state index contributed by atoms with van der Waals surface area (Å²) in [4.78, 5) is 9.88. The highest BCUT2D eigenvalue weighted by Crippen LogP contribution is 2.27. The Kier molecular flexibility index (Phi) is 3.33. The summed E-state index contributed by atoms with van der Waals surface area (Å²) >= 11 is 0. The van der Waals surface area contributed by atoms with Gasteiger partial charge in [-0.05, 0) is 12.5 Å². The first-order valence-corrected chi connectivity index (χ1v) is 6.86. The zero-order chi connectivity index (χ0) is 13.3. The van der Waals surface area contributed by atoms with Crippen molar-refractivity contribution in [1.29, 1.82) is 0 Å². The van der Waals surface area contributed by atoms with Crippen molar-refractivity contribution in [2.24, 2.45) is 5.73 Å². The highest BCUT2D eigenvalue weighted by atomic mass is 32.2. The van der Waals surface area contributed by atoms with E-state index >= 15 is 0 Å². The molecule has 1 saturated heterocycles. The molecule has 0 bridgehead atoms. The number of hydrogen-bond acceptors (Lipinski definition) is 5. The van der Waals surface area contributed by atoms with Crippen LogP contribution >= 0.6 is 0 Å². The number of sulfonamides is 1. The molecule has 0 aliphatic carbocycles. The van der Waals surface area contributed by atoms with Crippen LogP contribution in [0.2, 0.25) is 0 Å². The van der Waals surface area contributed by atoms with Crippen LogP contribution in [-0.2, 0) is 10.0 Å². The van der Waals surface area contributed by atoms with Crippen molar-refractivity contribution in [1.82, 2.24) is 4.31 Å². The molecule has 7 nitrogen and oxygen atoms in total. The van der Waals surface area contributed by atoms with E-state index in [1.165, 1.54) is 28.6 Å². The minimum atomic E-state index is -3.84. The quantitative estimate of drug-likeness (QED) is 0.629. The van der Waals surface area contributed by atoms with Crippen LogP contribution < -0.4 is 5.73 Å². The second-order valence-electron chi connectivity index (χ2n) is 4.14. The van der Waals surface area contributed by atoms with Gasteiger partial charge in [0.15, 0.2) is 4.90 Å². The molecule has 8 heteroatoms. The van der Waals surface area contributed by atoms with Crippen molar-refractivity contribution in [3.05, 3.63) is 34.4 Å². The van der Waals surface area contributed by atoms with E-state index in [1.54, 1.807) is 0 Å². The average Bonchev–Trinajstić information content (AvgIpc) is 2.76. The molecule has 1 aromatic carbocycles. The number of nitrogens with zero attached hydrogens (tertiary/aromatic N) is 2. The largest absolute Gasteiger partial charge is 0.326 e. The molecule has 2 rings (SSSR count). The Hall–Kier alpha value is -1.51. The molecule has 98 valence electrons. The summed E-state index contributed by atoms with van der Waals surface area (Å²) in [5.41, 5.74) is 5.25. The van der Waals surface area contributed by atoms with Crippen molar-refractivity contribution in [3.8, 4) is 0 Å². The zero-order valence-electron chi connectivity index (χ0n) is 9.52. The molecule has 1 heterocycles. The number of nitro groups is 1. The first-order chi connectivity index (χ1) is 8.43. The third kappa shape index (κ3) is 2.22. The van der Waals surface area contributed by atoms with Crippen LogP contribution in [0.25, 0.3) is 0 Å². The average molecular weight is 271 g/mol. The van der Waals surface area contributed by atoms with E-state index in [0.717, 1.165) is 0 Å². The molecule has 1 aliphatic heterocycles. The lowest BCUT2D eigenvalue weighted by atomic mass is 10.3. The summed E-state index contributed by atoms with van der Waals surface area (Å²) in [5, 5.41) is 10.8. The predicted molar refractivity (Wildman–Crippen MR) is 64.4 cm³/mol. The Balaban J connectivity index is 2.45. The fraction of sp³-hybridized carbons (Fsp3) is 0.400. The summed E-state index contributed by atoms with van der Waals surface area (Å²) in [7, 11) is -3.84. The molecule has 1 atom stereocenters. The number of nitrogens with two attached hydrogens (primary N) is 1. The maximum Gasteiger partial charge on any atom is 0.289 e. The van der Waals surface area contributed by atoms with Gasteiger partial charge in [-0.25, -0.2) is 8.42 Å². The van der Waals surface area contributed by atoms with Gasteiger partial charge in [0.2, 0.25) is 10.0 Å². The van der Waals surface area contributed by atoms with Gasteiger partial charge < -0.3 is 5.73 Å². The summed E-state index contributed by atoms with van der Waals surface area (Å²) in [6.45, 7) is 0.504. The predicted octanol–water partition coefficient (Wildman–Crippen LogP) is 0.316. The van der Waals surface area contributed by atoms with Crippen molar-refractivity contribution in [2.45, 2.75) is 17.4 Å². The molecule has 1 aromatic rings. The van der Waals surface area contributed by atoms with Crippen LogP contribution in [-0.4, -0.2) is 36.8 Å². The smallest absolute Gasteiger partial charge is 0.289 e. The minimum Gasteiger partial charge on any atom is -0.326 e. The van der Waals surface area contributed by atoms with Gasteiger partial charge >= 0.3 is 0 Å². The Morgan fingerprint density at radius 2 is 2.06 bits per heavy atom. The summed E-state index contributed by atoms with van der Waals surface area (Å²) < 4.78 is 25.7. The van der Waals surface area contributed by atoms with E-state index in [9.17, 15) is 18.5 Å². The van der Waals surface area contributed by atoms with E-state index in [4.69, 9.17) is 5.73 Å². The maximum atomic E-state index is 12.3. The third-order valence-corrected chi connectivity index (χ3v) is 4.78. The molecule has 0 radical (unpaired) electrons. The van der Waals surface area contributed by atoms with Gasteiger partial charge in [0.25, 0.3) is 5.69 Å². The molecule has 2 N–H and O–H groups in total. The Labute approximate surface area is 104 Å². The zero-order valence-corrected chi connectivity index (χ0v) is 10.3. The highest BCUT2D eigenvalue weighted by Gasteiger charge is 2.35. The van der Waals surface area contributed by atoms with E-state index in [1.807, 2.05) is 0 Å². The fourth-order valence-corrected chi connectivity index (χ4v) is 3.61. The summed E-state index contributed by atoms with van der Waals surface area (Å²) in [5.74, 6) is 0. The molecule has 0 unspecified atom stereocenters. The topological polar surface area (TPSA) is 107 Å². The Bertz CT molecular complexity index is 572. The van der Waals surface area contributed by atoms with Crippen LogP contribution in [0.15, 0.2) is 29.2 Å².